The van der Waals surface area contributed by atoms with E-state index < -0.39 is 12.6 Å². The van der Waals surface area contributed by atoms with Gasteiger partial charge in [-0.25, -0.2) is 4.79 Å². The van der Waals surface area contributed by atoms with Gasteiger partial charge in [-0.3, -0.25) is 4.79 Å². The number of rotatable bonds is 7. The second-order valence-electron chi connectivity index (χ2n) is 3.55. The van der Waals surface area contributed by atoms with Gasteiger partial charge in [0.05, 0.1) is 0 Å². The van der Waals surface area contributed by atoms with Crippen LogP contribution in [0.3, 0.4) is 0 Å². The van der Waals surface area contributed by atoms with Crippen molar-refractivity contribution in [3.05, 3.63) is 0 Å². The van der Waals surface area contributed by atoms with Gasteiger partial charge in [0.15, 0.2) is 0 Å². The van der Waals surface area contributed by atoms with Crippen LogP contribution in [-0.4, -0.2) is 47.7 Å². The molecule has 0 radical (unpaired) electrons. The van der Waals surface area contributed by atoms with Crippen LogP contribution < -0.4 is 5.32 Å². The lowest BCUT2D eigenvalue weighted by Crippen LogP contribution is -2.34. The smallest absolute Gasteiger partial charge is 0.329 e. The molecule has 2 N–H and O–H groups in total. The van der Waals surface area contributed by atoms with Crippen LogP contribution in [-0.2, 0) is 14.3 Å². The highest BCUT2D eigenvalue weighted by atomic mass is 32.2. The zero-order chi connectivity index (χ0) is 11.3. The van der Waals surface area contributed by atoms with Gasteiger partial charge in [-0.05, 0) is 19.1 Å². The highest BCUT2D eigenvalue weighted by Crippen LogP contribution is 2.46. The van der Waals surface area contributed by atoms with Gasteiger partial charge in [-0.15, -0.1) is 0 Å². The maximum Gasteiger partial charge on any atom is 0.329 e. The maximum atomic E-state index is 11.2. The molecule has 0 aromatic heterocycles. The predicted octanol–water partition coefficient (Wildman–Crippen LogP) is 0.0994. The molecule has 0 aromatic carbocycles. The Hall–Kier alpha value is -0.750. The fraction of sp³-hybridized carbons (Fsp3) is 0.778. The number of aliphatic carboxylic acids is 1. The number of thioether (sulfide) groups is 1. The van der Waals surface area contributed by atoms with Crippen LogP contribution >= 0.6 is 11.8 Å². The number of carbonyl (C=O) groups excluding carboxylic acids is 1. The first-order chi connectivity index (χ1) is 7.08. The van der Waals surface area contributed by atoms with Gasteiger partial charge >= 0.3 is 5.97 Å². The van der Waals surface area contributed by atoms with Crippen LogP contribution in [0.25, 0.3) is 0 Å². The van der Waals surface area contributed by atoms with E-state index in [0.29, 0.717) is 6.54 Å². The van der Waals surface area contributed by atoms with E-state index in [-0.39, 0.29) is 17.3 Å². The SMILES string of the molecule is CSC1(CNC(=O)COCC(=O)O)CC1. The van der Waals surface area contributed by atoms with Crippen LogP contribution in [0.4, 0.5) is 0 Å². The molecule has 1 aliphatic carbocycles. The van der Waals surface area contributed by atoms with Crippen molar-refractivity contribution in [3.8, 4) is 0 Å². The number of amides is 1. The van der Waals surface area contributed by atoms with Crippen molar-refractivity contribution in [2.24, 2.45) is 0 Å². The molecule has 0 spiro atoms. The number of hydrogen-bond acceptors (Lipinski definition) is 4. The second-order valence-corrected chi connectivity index (χ2v) is 4.82. The Morgan fingerprint density at radius 1 is 1.47 bits per heavy atom. The van der Waals surface area contributed by atoms with Gasteiger partial charge in [0, 0.05) is 11.3 Å². The normalized spacial score (nSPS) is 17.1. The summed E-state index contributed by atoms with van der Waals surface area (Å²) >= 11 is 1.76. The third-order valence-electron chi connectivity index (χ3n) is 2.31. The molecule has 0 saturated heterocycles. The lowest BCUT2D eigenvalue weighted by molar-refractivity contribution is -0.143. The quantitative estimate of drug-likeness (QED) is 0.652. The fourth-order valence-electron chi connectivity index (χ4n) is 1.13. The molecule has 1 saturated carbocycles. The molecule has 0 atom stereocenters. The summed E-state index contributed by atoms with van der Waals surface area (Å²) in [5.41, 5.74) is 0. The number of carboxylic acid groups (broad SMARTS) is 1. The largest absolute Gasteiger partial charge is 0.480 e. The van der Waals surface area contributed by atoms with Gasteiger partial charge in [-0.2, -0.15) is 11.8 Å². The van der Waals surface area contributed by atoms with Crippen molar-refractivity contribution < 1.29 is 19.4 Å². The van der Waals surface area contributed by atoms with Gasteiger partial charge in [0.25, 0.3) is 0 Å². The lowest BCUT2D eigenvalue weighted by Gasteiger charge is -2.12. The van der Waals surface area contributed by atoms with E-state index >= 15 is 0 Å². The number of carboxylic acids is 1. The third kappa shape index (κ3) is 4.53. The van der Waals surface area contributed by atoms with Crippen molar-refractivity contribution in [3.63, 3.8) is 0 Å². The van der Waals surface area contributed by atoms with Crippen LogP contribution in [0.15, 0.2) is 0 Å². The summed E-state index contributed by atoms with van der Waals surface area (Å²) in [6.07, 6.45) is 4.29. The topological polar surface area (TPSA) is 75.6 Å². The summed E-state index contributed by atoms with van der Waals surface area (Å²) in [6, 6.07) is 0. The van der Waals surface area contributed by atoms with Crippen molar-refractivity contribution in [2.75, 3.05) is 26.0 Å². The monoisotopic (exact) mass is 233 g/mol. The number of nitrogens with one attached hydrogen (secondary N) is 1. The highest BCUT2D eigenvalue weighted by molar-refractivity contribution is 8.00. The van der Waals surface area contributed by atoms with Crippen molar-refractivity contribution in [1.29, 1.82) is 0 Å². The number of hydrogen-bond donors (Lipinski definition) is 2. The Morgan fingerprint density at radius 2 is 2.13 bits per heavy atom. The molecule has 0 aromatic rings. The minimum Gasteiger partial charge on any atom is -0.480 e. The van der Waals surface area contributed by atoms with Gasteiger partial charge in [0.2, 0.25) is 5.91 Å². The summed E-state index contributed by atoms with van der Waals surface area (Å²) in [5.74, 6) is -1.32. The van der Waals surface area contributed by atoms with Gasteiger partial charge in [0.1, 0.15) is 13.2 Å². The first kappa shape index (κ1) is 12.3. The van der Waals surface area contributed by atoms with E-state index in [1.807, 2.05) is 6.26 Å². The summed E-state index contributed by atoms with van der Waals surface area (Å²) in [5, 5.41) is 11.0. The maximum absolute atomic E-state index is 11.2. The molecule has 1 aliphatic rings. The Labute approximate surface area is 92.6 Å². The number of carbonyl (C=O) groups is 2. The summed E-state index contributed by atoms with van der Waals surface area (Å²) in [7, 11) is 0. The Morgan fingerprint density at radius 3 is 2.60 bits per heavy atom. The Balaban J connectivity index is 2.06. The average molecular weight is 233 g/mol. The van der Waals surface area contributed by atoms with Crippen LogP contribution in [0, 0.1) is 0 Å². The minimum absolute atomic E-state index is 0.184. The lowest BCUT2D eigenvalue weighted by atomic mass is 10.4. The number of ether oxygens (including phenoxy) is 1. The Bertz CT molecular complexity index is 252. The third-order valence-corrected chi connectivity index (χ3v) is 3.73. The minimum atomic E-state index is -1.06. The van der Waals surface area contributed by atoms with E-state index in [1.165, 1.54) is 0 Å². The molecular formula is C9H15NO4S. The van der Waals surface area contributed by atoms with Crippen LogP contribution in [0.5, 0.6) is 0 Å². The molecular weight excluding hydrogens is 218 g/mol. The summed E-state index contributed by atoms with van der Waals surface area (Å²) < 4.78 is 4.88. The van der Waals surface area contributed by atoms with E-state index in [2.05, 4.69) is 10.1 Å². The van der Waals surface area contributed by atoms with Crippen molar-refractivity contribution >= 4 is 23.6 Å². The predicted molar refractivity (Wildman–Crippen MR) is 56.9 cm³/mol. The van der Waals surface area contributed by atoms with E-state index in [4.69, 9.17) is 5.11 Å². The first-order valence-electron chi connectivity index (χ1n) is 4.69. The molecule has 0 aliphatic heterocycles. The van der Waals surface area contributed by atoms with Gasteiger partial charge in [-0.1, -0.05) is 0 Å². The molecule has 6 heteroatoms. The second kappa shape index (κ2) is 5.37. The zero-order valence-electron chi connectivity index (χ0n) is 8.62. The summed E-state index contributed by atoms with van der Waals surface area (Å²) in [4.78, 5) is 21.3. The van der Waals surface area contributed by atoms with Crippen molar-refractivity contribution in [1.82, 2.24) is 5.32 Å². The van der Waals surface area contributed by atoms with E-state index in [9.17, 15) is 9.59 Å². The fourth-order valence-corrected chi connectivity index (χ4v) is 1.86. The molecule has 15 heavy (non-hydrogen) atoms. The molecule has 1 fully saturated rings. The molecule has 1 amide bonds. The molecule has 0 heterocycles. The molecule has 0 unspecified atom stereocenters. The molecule has 0 bridgehead atoms. The average Bonchev–Trinajstić information content (AvgIpc) is 2.95. The van der Waals surface area contributed by atoms with E-state index in [0.717, 1.165) is 12.8 Å². The van der Waals surface area contributed by atoms with E-state index in [1.54, 1.807) is 11.8 Å². The van der Waals surface area contributed by atoms with Gasteiger partial charge < -0.3 is 15.2 Å². The summed E-state index contributed by atoms with van der Waals surface area (Å²) in [6.45, 7) is 0.0291. The Kier molecular flexibility index (Phi) is 4.41. The standard InChI is InChI=1S/C9H15NO4S/c1-15-9(2-3-9)6-10-7(11)4-14-5-8(12)13/h2-6H2,1H3,(H,10,11)(H,12,13). The highest BCUT2D eigenvalue weighted by Gasteiger charge is 2.41. The zero-order valence-corrected chi connectivity index (χ0v) is 9.43. The first-order valence-corrected chi connectivity index (χ1v) is 5.92. The van der Waals surface area contributed by atoms with Crippen molar-refractivity contribution in [2.45, 2.75) is 17.6 Å². The molecule has 1 rings (SSSR count). The molecule has 5 nitrogen and oxygen atoms in total. The van der Waals surface area contributed by atoms with Crippen LogP contribution in [0.2, 0.25) is 0 Å². The molecule has 86 valence electrons. The van der Waals surface area contributed by atoms with Crippen LogP contribution in [0.1, 0.15) is 12.8 Å².